The molecule has 3 N–H and O–H groups in total. The van der Waals surface area contributed by atoms with Crippen molar-refractivity contribution in [3.05, 3.63) is 48.6 Å². The molecule has 0 heterocycles. The van der Waals surface area contributed by atoms with Crippen molar-refractivity contribution in [1.29, 1.82) is 0 Å². The molecule has 4 heteroatoms. The molecule has 0 aromatic heterocycles. The maximum Gasteiger partial charge on any atom is 0.220 e. The predicted octanol–water partition coefficient (Wildman–Crippen LogP) is 14.0. The fraction of sp³-hybridized carbons (Fsp3) is 0.809. The van der Waals surface area contributed by atoms with E-state index in [4.69, 9.17) is 0 Å². The van der Waals surface area contributed by atoms with Gasteiger partial charge in [-0.1, -0.05) is 217 Å². The lowest BCUT2D eigenvalue weighted by Gasteiger charge is -2.22. The summed E-state index contributed by atoms with van der Waals surface area (Å²) >= 11 is 0. The van der Waals surface area contributed by atoms with E-state index in [1.807, 2.05) is 0 Å². The van der Waals surface area contributed by atoms with Crippen LogP contribution in [-0.2, 0) is 4.79 Å². The lowest BCUT2D eigenvalue weighted by atomic mass is 10.0. The summed E-state index contributed by atoms with van der Waals surface area (Å²) in [7, 11) is 0. The Labute approximate surface area is 318 Å². The van der Waals surface area contributed by atoms with Gasteiger partial charge in [0.15, 0.2) is 0 Å². The third kappa shape index (κ3) is 39.4. The van der Waals surface area contributed by atoms with Gasteiger partial charge in [0.05, 0.1) is 18.8 Å². The van der Waals surface area contributed by atoms with Gasteiger partial charge in [-0.25, -0.2) is 0 Å². The van der Waals surface area contributed by atoms with Gasteiger partial charge in [-0.3, -0.25) is 4.79 Å². The first-order chi connectivity index (χ1) is 25.2. The highest BCUT2D eigenvalue weighted by Gasteiger charge is 2.20. The number of amides is 1. The molecular formula is C47H87NO3. The van der Waals surface area contributed by atoms with Crippen LogP contribution in [0, 0.1) is 0 Å². The predicted molar refractivity (Wildman–Crippen MR) is 225 cm³/mol. The molecule has 0 saturated carbocycles. The number of hydrogen-bond donors (Lipinski definition) is 3. The van der Waals surface area contributed by atoms with Crippen LogP contribution in [0.2, 0.25) is 0 Å². The minimum absolute atomic E-state index is 0.0341. The number of carbonyl (C=O) groups excluding carboxylic acids is 1. The lowest BCUT2D eigenvalue weighted by molar-refractivity contribution is -0.123. The van der Waals surface area contributed by atoms with Crippen molar-refractivity contribution in [3.8, 4) is 0 Å². The van der Waals surface area contributed by atoms with Crippen molar-refractivity contribution in [3.63, 3.8) is 0 Å². The molecule has 2 unspecified atom stereocenters. The summed E-state index contributed by atoms with van der Waals surface area (Å²) in [6, 6.07) is -0.532. The molecule has 1 amide bonds. The molecule has 4 nitrogen and oxygen atoms in total. The van der Waals surface area contributed by atoms with Crippen molar-refractivity contribution in [2.75, 3.05) is 6.61 Å². The molecule has 0 aromatic rings. The first-order valence-electron chi connectivity index (χ1n) is 22.3. The zero-order valence-electron chi connectivity index (χ0n) is 34.1. The van der Waals surface area contributed by atoms with Gasteiger partial charge < -0.3 is 15.5 Å². The van der Waals surface area contributed by atoms with Crippen molar-refractivity contribution >= 4 is 5.91 Å². The molecule has 0 aliphatic carbocycles. The van der Waals surface area contributed by atoms with Crippen molar-refractivity contribution in [2.24, 2.45) is 0 Å². The second kappa shape index (κ2) is 42.8. The van der Waals surface area contributed by atoms with Crippen LogP contribution in [0.1, 0.15) is 226 Å². The number of hydrogen-bond acceptors (Lipinski definition) is 3. The van der Waals surface area contributed by atoms with E-state index in [0.29, 0.717) is 12.8 Å². The van der Waals surface area contributed by atoms with Crippen LogP contribution in [0.25, 0.3) is 0 Å². The number of unbranched alkanes of at least 4 members (excludes halogenated alkanes) is 25. The Bertz CT molecular complexity index is 816. The summed E-state index contributed by atoms with van der Waals surface area (Å²) in [5, 5.41) is 23.0. The van der Waals surface area contributed by atoms with Crippen LogP contribution >= 0.6 is 0 Å². The van der Waals surface area contributed by atoms with Crippen LogP contribution in [0.4, 0.5) is 0 Å². The molecular weight excluding hydrogens is 627 g/mol. The topological polar surface area (TPSA) is 69.6 Å². The minimum Gasteiger partial charge on any atom is -0.394 e. The zero-order chi connectivity index (χ0) is 37.1. The molecule has 2 atom stereocenters. The van der Waals surface area contributed by atoms with Gasteiger partial charge in [0, 0.05) is 6.42 Å². The van der Waals surface area contributed by atoms with Crippen molar-refractivity contribution in [1.82, 2.24) is 5.32 Å². The standard InChI is InChI=1S/C47H87NO3/c1-3-5-7-9-11-13-14-15-16-17-18-19-20-21-22-23-24-25-26-27-28-29-30-31-32-33-34-35-37-39-41-43-47(51)48-45(44-49)46(50)42-40-38-36-12-10-8-6-4-2/h5,7,11,13,15-16,18-19,45-46,49-50H,3-4,6,8-10,12,14,17,20-44H2,1-2H3,(H,48,51)/b7-5-,13-11-,16-15-,19-18-. The Hall–Kier alpha value is -1.65. The molecule has 0 saturated heterocycles. The Morgan fingerprint density at radius 2 is 0.863 bits per heavy atom. The van der Waals surface area contributed by atoms with Gasteiger partial charge in [0.1, 0.15) is 0 Å². The van der Waals surface area contributed by atoms with E-state index in [-0.39, 0.29) is 12.5 Å². The maximum absolute atomic E-state index is 12.3. The summed E-state index contributed by atoms with van der Waals surface area (Å²) in [5.41, 5.74) is 0. The normalized spacial score (nSPS) is 13.4. The number of allylic oxidation sites excluding steroid dienone is 8. The molecule has 0 aliphatic heterocycles. The van der Waals surface area contributed by atoms with Crippen molar-refractivity contribution < 1.29 is 15.0 Å². The molecule has 0 rings (SSSR count). The van der Waals surface area contributed by atoms with Gasteiger partial charge >= 0.3 is 0 Å². The smallest absolute Gasteiger partial charge is 0.220 e. The maximum atomic E-state index is 12.3. The third-order valence-electron chi connectivity index (χ3n) is 10.1. The van der Waals surface area contributed by atoms with E-state index < -0.39 is 12.1 Å². The summed E-state index contributed by atoms with van der Waals surface area (Å²) in [6.07, 6.45) is 57.9. The van der Waals surface area contributed by atoms with E-state index in [1.165, 1.54) is 148 Å². The Kier molecular flexibility index (Phi) is 41.4. The summed E-state index contributed by atoms with van der Waals surface area (Å²) in [6.45, 7) is 4.22. The van der Waals surface area contributed by atoms with Crippen LogP contribution in [0.15, 0.2) is 48.6 Å². The second-order valence-corrected chi connectivity index (χ2v) is 15.1. The van der Waals surface area contributed by atoms with E-state index >= 15 is 0 Å². The summed E-state index contributed by atoms with van der Waals surface area (Å²) in [4.78, 5) is 12.3. The number of aliphatic hydroxyl groups excluding tert-OH is 2. The van der Waals surface area contributed by atoms with E-state index in [0.717, 1.165) is 51.4 Å². The largest absolute Gasteiger partial charge is 0.394 e. The molecule has 51 heavy (non-hydrogen) atoms. The number of carbonyl (C=O) groups is 1. The summed E-state index contributed by atoms with van der Waals surface area (Å²) in [5.74, 6) is -0.0341. The molecule has 0 spiro atoms. The van der Waals surface area contributed by atoms with Gasteiger partial charge in [-0.2, -0.15) is 0 Å². The highest BCUT2D eigenvalue weighted by molar-refractivity contribution is 5.76. The first kappa shape index (κ1) is 49.4. The van der Waals surface area contributed by atoms with Gasteiger partial charge in [0.2, 0.25) is 5.91 Å². The molecule has 0 fully saturated rings. The van der Waals surface area contributed by atoms with Crippen LogP contribution in [0.5, 0.6) is 0 Å². The van der Waals surface area contributed by atoms with Crippen molar-refractivity contribution in [2.45, 2.75) is 238 Å². The van der Waals surface area contributed by atoms with E-state index in [9.17, 15) is 15.0 Å². The fourth-order valence-corrected chi connectivity index (χ4v) is 6.70. The SMILES string of the molecule is CC/C=C\C/C=C\C/C=C\C/C=C\CCCCCCCCCCCCCCCCCCCCC(=O)NC(CO)C(O)CCCCCCCCCC. The zero-order valence-corrected chi connectivity index (χ0v) is 34.1. The van der Waals surface area contributed by atoms with Gasteiger partial charge in [0.25, 0.3) is 0 Å². The molecule has 298 valence electrons. The highest BCUT2D eigenvalue weighted by atomic mass is 16.3. The average Bonchev–Trinajstić information content (AvgIpc) is 3.13. The molecule has 0 aliphatic rings. The van der Waals surface area contributed by atoms with Crippen LogP contribution < -0.4 is 5.32 Å². The average molecular weight is 714 g/mol. The van der Waals surface area contributed by atoms with Gasteiger partial charge in [-0.05, 0) is 51.4 Å². The Morgan fingerprint density at radius 1 is 0.490 bits per heavy atom. The molecule has 0 bridgehead atoms. The minimum atomic E-state index is -0.655. The summed E-state index contributed by atoms with van der Waals surface area (Å²) < 4.78 is 0. The second-order valence-electron chi connectivity index (χ2n) is 15.1. The fourth-order valence-electron chi connectivity index (χ4n) is 6.70. The van der Waals surface area contributed by atoms with Crippen LogP contribution in [0.3, 0.4) is 0 Å². The third-order valence-corrected chi connectivity index (χ3v) is 10.1. The number of aliphatic hydroxyl groups is 2. The van der Waals surface area contributed by atoms with E-state index in [1.54, 1.807) is 0 Å². The van der Waals surface area contributed by atoms with Gasteiger partial charge in [-0.15, -0.1) is 0 Å². The number of rotatable bonds is 40. The number of nitrogens with one attached hydrogen (secondary N) is 1. The van der Waals surface area contributed by atoms with Crippen LogP contribution in [-0.4, -0.2) is 34.9 Å². The first-order valence-corrected chi connectivity index (χ1v) is 22.3. The Balaban J connectivity index is 3.41. The highest BCUT2D eigenvalue weighted by Crippen LogP contribution is 2.16. The molecule has 0 radical (unpaired) electrons. The lowest BCUT2D eigenvalue weighted by Crippen LogP contribution is -2.45. The van der Waals surface area contributed by atoms with E-state index in [2.05, 4.69) is 67.8 Å². The monoisotopic (exact) mass is 714 g/mol. The molecule has 0 aromatic carbocycles. The quantitative estimate of drug-likeness (QED) is 0.0437. The Morgan fingerprint density at radius 3 is 1.29 bits per heavy atom.